The van der Waals surface area contributed by atoms with Crippen molar-refractivity contribution in [3.63, 3.8) is 0 Å². The molecule has 0 radical (unpaired) electrons. The number of hydrogen-bond acceptors (Lipinski definition) is 3. The number of aliphatic hydroxyl groups is 1. The molecule has 1 aliphatic carbocycles. The van der Waals surface area contributed by atoms with Crippen LogP contribution in [0.2, 0.25) is 0 Å². The predicted octanol–water partition coefficient (Wildman–Crippen LogP) is 0.483. The molecule has 2 N–H and O–H groups in total. The highest BCUT2D eigenvalue weighted by Crippen LogP contribution is 2.17. The third-order valence-electron chi connectivity index (χ3n) is 2.21. The first-order valence-corrected chi connectivity index (χ1v) is 4.23. The first-order chi connectivity index (χ1) is 5.33. The molecule has 0 aliphatic heterocycles. The minimum Gasteiger partial charge on any atom is -0.393 e. The minimum atomic E-state index is -0.0596. The molecule has 0 bridgehead atoms. The molecule has 0 spiro atoms. The number of ether oxygens (including phenoxy) is 1. The van der Waals surface area contributed by atoms with Gasteiger partial charge >= 0.3 is 0 Å². The number of hydrogen-bond donors (Lipinski definition) is 2. The zero-order chi connectivity index (χ0) is 8.10. The lowest BCUT2D eigenvalue weighted by atomic mass is 9.93. The van der Waals surface area contributed by atoms with E-state index in [4.69, 9.17) is 4.74 Å². The second-order valence-corrected chi connectivity index (χ2v) is 3.14. The van der Waals surface area contributed by atoms with Crippen LogP contribution in [0.4, 0.5) is 0 Å². The van der Waals surface area contributed by atoms with E-state index in [0.717, 1.165) is 25.7 Å². The van der Waals surface area contributed by atoms with Gasteiger partial charge in [-0.05, 0) is 25.7 Å². The quantitative estimate of drug-likeness (QED) is 0.589. The van der Waals surface area contributed by atoms with E-state index in [1.807, 2.05) is 0 Å². The summed E-state index contributed by atoms with van der Waals surface area (Å²) in [4.78, 5) is 0. The molecular weight excluding hydrogens is 142 g/mol. The summed E-state index contributed by atoms with van der Waals surface area (Å²) in [5.41, 5.74) is 0. The topological polar surface area (TPSA) is 41.5 Å². The monoisotopic (exact) mass is 159 g/mol. The van der Waals surface area contributed by atoms with Crippen LogP contribution in [0, 0.1) is 0 Å². The van der Waals surface area contributed by atoms with Crippen LogP contribution >= 0.6 is 0 Å². The second kappa shape index (κ2) is 4.70. The summed E-state index contributed by atoms with van der Waals surface area (Å²) >= 11 is 0. The molecule has 0 aromatic carbocycles. The second-order valence-electron chi connectivity index (χ2n) is 3.14. The summed E-state index contributed by atoms with van der Waals surface area (Å²) < 4.78 is 4.90. The van der Waals surface area contributed by atoms with Crippen LogP contribution in [-0.4, -0.2) is 31.1 Å². The summed E-state index contributed by atoms with van der Waals surface area (Å²) in [5.74, 6) is 0. The fourth-order valence-corrected chi connectivity index (χ4v) is 1.48. The van der Waals surface area contributed by atoms with Gasteiger partial charge in [0, 0.05) is 13.2 Å². The Kier molecular flexibility index (Phi) is 3.83. The summed E-state index contributed by atoms with van der Waals surface area (Å²) in [6.07, 6.45) is 3.95. The van der Waals surface area contributed by atoms with E-state index < -0.39 is 0 Å². The molecule has 0 heterocycles. The molecule has 0 aromatic rings. The van der Waals surface area contributed by atoms with Crippen molar-refractivity contribution in [2.45, 2.75) is 37.8 Å². The maximum absolute atomic E-state index is 9.19. The lowest BCUT2D eigenvalue weighted by molar-refractivity contribution is 0.0995. The summed E-state index contributed by atoms with van der Waals surface area (Å²) in [5, 5.41) is 12.5. The number of nitrogens with one attached hydrogen (secondary N) is 1. The van der Waals surface area contributed by atoms with Crippen LogP contribution in [0.5, 0.6) is 0 Å². The molecule has 0 amide bonds. The van der Waals surface area contributed by atoms with Gasteiger partial charge in [-0.2, -0.15) is 0 Å². The summed E-state index contributed by atoms with van der Waals surface area (Å²) in [6.45, 7) is 0.626. The van der Waals surface area contributed by atoms with Crippen molar-refractivity contribution in [3.05, 3.63) is 0 Å². The lowest BCUT2D eigenvalue weighted by Gasteiger charge is -2.25. The van der Waals surface area contributed by atoms with Crippen LogP contribution in [0.25, 0.3) is 0 Å². The molecule has 0 unspecified atom stereocenters. The Morgan fingerprint density at radius 1 is 1.36 bits per heavy atom. The maximum atomic E-state index is 9.19. The van der Waals surface area contributed by atoms with E-state index in [1.165, 1.54) is 0 Å². The molecule has 1 saturated carbocycles. The Balaban J connectivity index is 2.07. The van der Waals surface area contributed by atoms with Crippen molar-refractivity contribution < 1.29 is 9.84 Å². The zero-order valence-corrected chi connectivity index (χ0v) is 7.05. The fraction of sp³-hybridized carbons (Fsp3) is 1.00. The first-order valence-electron chi connectivity index (χ1n) is 4.23. The Morgan fingerprint density at radius 3 is 2.55 bits per heavy atom. The van der Waals surface area contributed by atoms with Gasteiger partial charge in [-0.3, -0.25) is 5.32 Å². The highest BCUT2D eigenvalue weighted by atomic mass is 16.5. The first kappa shape index (κ1) is 8.97. The van der Waals surface area contributed by atoms with E-state index >= 15 is 0 Å². The predicted molar refractivity (Wildman–Crippen MR) is 43.3 cm³/mol. The third kappa shape index (κ3) is 3.18. The van der Waals surface area contributed by atoms with E-state index in [2.05, 4.69) is 5.32 Å². The van der Waals surface area contributed by atoms with Crippen molar-refractivity contribution in [1.82, 2.24) is 5.32 Å². The van der Waals surface area contributed by atoms with Crippen molar-refractivity contribution in [3.8, 4) is 0 Å². The Labute approximate surface area is 67.7 Å². The van der Waals surface area contributed by atoms with E-state index in [1.54, 1.807) is 7.11 Å². The van der Waals surface area contributed by atoms with Crippen LogP contribution in [0.1, 0.15) is 25.7 Å². The maximum Gasteiger partial charge on any atom is 0.0963 e. The molecule has 0 saturated heterocycles. The van der Waals surface area contributed by atoms with Gasteiger partial charge in [0.25, 0.3) is 0 Å². The number of rotatable bonds is 3. The van der Waals surface area contributed by atoms with Crippen LogP contribution in [-0.2, 0) is 4.74 Å². The summed E-state index contributed by atoms with van der Waals surface area (Å²) in [6, 6.07) is 0.554. The molecule has 0 atom stereocenters. The van der Waals surface area contributed by atoms with Gasteiger partial charge in [0.05, 0.1) is 12.8 Å². The fourth-order valence-electron chi connectivity index (χ4n) is 1.48. The highest BCUT2D eigenvalue weighted by molar-refractivity contribution is 4.75. The van der Waals surface area contributed by atoms with Gasteiger partial charge in [0.15, 0.2) is 0 Å². The van der Waals surface area contributed by atoms with Crippen LogP contribution in [0.3, 0.4) is 0 Å². The largest absolute Gasteiger partial charge is 0.393 e. The minimum absolute atomic E-state index is 0.0596. The third-order valence-corrected chi connectivity index (χ3v) is 2.21. The van der Waals surface area contributed by atoms with Gasteiger partial charge in [0.1, 0.15) is 0 Å². The van der Waals surface area contributed by atoms with Gasteiger partial charge in [0.2, 0.25) is 0 Å². The molecule has 0 aromatic heterocycles. The number of aliphatic hydroxyl groups excluding tert-OH is 1. The average Bonchev–Trinajstić information content (AvgIpc) is 2.04. The van der Waals surface area contributed by atoms with Gasteiger partial charge in [-0.1, -0.05) is 0 Å². The molecule has 11 heavy (non-hydrogen) atoms. The highest BCUT2D eigenvalue weighted by Gasteiger charge is 2.17. The summed E-state index contributed by atoms with van der Waals surface area (Å²) in [7, 11) is 1.69. The van der Waals surface area contributed by atoms with E-state index in [0.29, 0.717) is 12.8 Å². The van der Waals surface area contributed by atoms with E-state index in [-0.39, 0.29) is 6.10 Å². The van der Waals surface area contributed by atoms with E-state index in [9.17, 15) is 5.11 Å². The standard InChI is InChI=1S/C8H17NO2/c1-11-6-9-7-2-4-8(10)5-3-7/h7-10H,2-6H2,1H3. The SMILES string of the molecule is COCNC1CCC(O)CC1. The molecule has 1 fully saturated rings. The number of methoxy groups -OCH3 is 1. The zero-order valence-electron chi connectivity index (χ0n) is 7.05. The molecular formula is C8H17NO2. The Hall–Kier alpha value is -0.120. The smallest absolute Gasteiger partial charge is 0.0963 e. The molecule has 3 heteroatoms. The lowest BCUT2D eigenvalue weighted by Crippen LogP contribution is -2.35. The van der Waals surface area contributed by atoms with Gasteiger partial charge in [-0.15, -0.1) is 0 Å². The van der Waals surface area contributed by atoms with Crippen LogP contribution < -0.4 is 5.32 Å². The van der Waals surface area contributed by atoms with Crippen molar-refractivity contribution in [2.24, 2.45) is 0 Å². The molecule has 1 rings (SSSR count). The Bertz CT molecular complexity index is 97.5. The van der Waals surface area contributed by atoms with Gasteiger partial charge < -0.3 is 9.84 Å². The van der Waals surface area contributed by atoms with Gasteiger partial charge in [-0.25, -0.2) is 0 Å². The normalized spacial score (nSPS) is 32.2. The van der Waals surface area contributed by atoms with Crippen molar-refractivity contribution in [2.75, 3.05) is 13.8 Å². The van der Waals surface area contributed by atoms with Crippen LogP contribution in [0.15, 0.2) is 0 Å². The van der Waals surface area contributed by atoms with Crippen molar-refractivity contribution in [1.29, 1.82) is 0 Å². The molecule has 3 nitrogen and oxygen atoms in total. The molecule has 1 aliphatic rings. The van der Waals surface area contributed by atoms with Crippen molar-refractivity contribution >= 4 is 0 Å². The molecule has 66 valence electrons. The Morgan fingerprint density at radius 2 is 2.00 bits per heavy atom. The average molecular weight is 159 g/mol.